The van der Waals surface area contributed by atoms with Gasteiger partial charge in [-0.1, -0.05) is 6.42 Å². The van der Waals surface area contributed by atoms with E-state index in [9.17, 15) is 0 Å². The first kappa shape index (κ1) is 9.78. The van der Waals surface area contributed by atoms with E-state index < -0.39 is 0 Å². The van der Waals surface area contributed by atoms with Crippen molar-refractivity contribution in [1.29, 1.82) is 0 Å². The van der Waals surface area contributed by atoms with Crippen molar-refractivity contribution in [1.82, 2.24) is 19.7 Å². The molecule has 0 saturated carbocycles. The third kappa shape index (κ3) is 1.59. The molecule has 1 fully saturated rings. The fourth-order valence-electron chi connectivity index (χ4n) is 2.37. The van der Waals surface area contributed by atoms with E-state index in [0.29, 0.717) is 6.04 Å². The topological polar surface area (TPSA) is 42.2 Å². The summed E-state index contributed by atoms with van der Waals surface area (Å²) in [5.74, 6) is 0.808. The van der Waals surface area contributed by atoms with Gasteiger partial charge in [0.2, 0.25) is 5.78 Å². The van der Waals surface area contributed by atoms with Gasteiger partial charge < -0.3 is 5.32 Å². The van der Waals surface area contributed by atoms with Gasteiger partial charge in [0.25, 0.3) is 0 Å². The van der Waals surface area contributed by atoms with Crippen LogP contribution in [-0.4, -0.2) is 20.9 Å². The van der Waals surface area contributed by atoms with Crippen LogP contribution in [0.3, 0.4) is 0 Å². The Morgan fingerprint density at radius 2 is 2.38 bits per heavy atom. The van der Waals surface area contributed by atoms with Crippen LogP contribution in [0.5, 0.6) is 0 Å². The molecular formula is C12H16N4. The molecule has 0 aliphatic carbocycles. The molecule has 0 radical (unpaired) electrons. The second kappa shape index (κ2) is 3.87. The summed E-state index contributed by atoms with van der Waals surface area (Å²) in [6.07, 6.45) is 7.51. The Morgan fingerprint density at radius 1 is 1.44 bits per heavy atom. The number of imidazole rings is 1. The Balaban J connectivity index is 2.02. The first-order valence-electron chi connectivity index (χ1n) is 5.88. The maximum Gasteiger partial charge on any atom is 0.234 e. The summed E-state index contributed by atoms with van der Waals surface area (Å²) in [6, 6.07) is 2.58. The number of piperidine rings is 1. The summed E-state index contributed by atoms with van der Waals surface area (Å²) in [7, 11) is 0. The maximum absolute atomic E-state index is 4.61. The van der Waals surface area contributed by atoms with E-state index in [1.807, 2.05) is 10.6 Å². The van der Waals surface area contributed by atoms with Gasteiger partial charge in [0.05, 0.1) is 5.69 Å². The number of hydrogen-bond acceptors (Lipinski definition) is 3. The molecule has 4 heteroatoms. The van der Waals surface area contributed by atoms with Crippen molar-refractivity contribution in [3.63, 3.8) is 0 Å². The Bertz CT molecular complexity index is 497. The van der Waals surface area contributed by atoms with Gasteiger partial charge in [0, 0.05) is 24.1 Å². The van der Waals surface area contributed by atoms with Crippen LogP contribution in [-0.2, 0) is 0 Å². The third-order valence-electron chi connectivity index (χ3n) is 3.25. The summed E-state index contributed by atoms with van der Waals surface area (Å²) in [4.78, 5) is 8.87. The Labute approximate surface area is 94.7 Å². The van der Waals surface area contributed by atoms with Gasteiger partial charge in [-0.25, -0.2) is 9.97 Å². The predicted molar refractivity (Wildman–Crippen MR) is 62.3 cm³/mol. The fourth-order valence-corrected chi connectivity index (χ4v) is 2.37. The summed E-state index contributed by atoms with van der Waals surface area (Å²) >= 11 is 0. The van der Waals surface area contributed by atoms with Crippen LogP contribution in [0.2, 0.25) is 0 Å². The Morgan fingerprint density at radius 3 is 3.19 bits per heavy atom. The predicted octanol–water partition coefficient (Wildman–Crippen LogP) is 1.85. The quantitative estimate of drug-likeness (QED) is 0.791. The molecule has 1 aliphatic rings. The van der Waals surface area contributed by atoms with E-state index in [1.54, 1.807) is 6.20 Å². The first-order valence-corrected chi connectivity index (χ1v) is 5.88. The van der Waals surface area contributed by atoms with Crippen LogP contribution in [0.4, 0.5) is 0 Å². The minimum absolute atomic E-state index is 0.411. The minimum Gasteiger partial charge on any atom is -0.309 e. The van der Waals surface area contributed by atoms with Crippen LogP contribution >= 0.6 is 0 Å². The van der Waals surface area contributed by atoms with E-state index in [0.717, 1.165) is 18.0 Å². The summed E-state index contributed by atoms with van der Waals surface area (Å²) < 4.78 is 2.02. The molecule has 1 atom stereocenters. The van der Waals surface area contributed by atoms with E-state index in [4.69, 9.17) is 0 Å². The van der Waals surface area contributed by atoms with Crippen LogP contribution in [0.25, 0.3) is 5.78 Å². The lowest BCUT2D eigenvalue weighted by Gasteiger charge is -2.23. The van der Waals surface area contributed by atoms with Crippen LogP contribution in [0.15, 0.2) is 18.5 Å². The van der Waals surface area contributed by atoms with Gasteiger partial charge in [-0.05, 0) is 32.4 Å². The molecule has 2 aromatic rings. The molecule has 4 nitrogen and oxygen atoms in total. The molecule has 1 N–H and O–H groups in total. The van der Waals surface area contributed by atoms with E-state index in [2.05, 4.69) is 28.3 Å². The minimum atomic E-state index is 0.411. The average molecular weight is 216 g/mol. The van der Waals surface area contributed by atoms with Gasteiger partial charge in [-0.3, -0.25) is 4.40 Å². The van der Waals surface area contributed by atoms with Crippen molar-refractivity contribution < 1.29 is 0 Å². The second-order valence-electron chi connectivity index (χ2n) is 4.42. The molecule has 2 aromatic heterocycles. The van der Waals surface area contributed by atoms with Crippen molar-refractivity contribution in [3.8, 4) is 0 Å². The molecule has 84 valence electrons. The van der Waals surface area contributed by atoms with Crippen molar-refractivity contribution in [2.75, 3.05) is 6.54 Å². The van der Waals surface area contributed by atoms with Gasteiger partial charge in [-0.2, -0.15) is 0 Å². The highest BCUT2D eigenvalue weighted by Gasteiger charge is 2.17. The largest absolute Gasteiger partial charge is 0.309 e. The van der Waals surface area contributed by atoms with Crippen molar-refractivity contribution in [3.05, 3.63) is 29.8 Å². The zero-order chi connectivity index (χ0) is 11.0. The third-order valence-corrected chi connectivity index (χ3v) is 3.25. The van der Waals surface area contributed by atoms with Crippen molar-refractivity contribution >= 4 is 5.78 Å². The SMILES string of the molecule is Cc1cc(C2CCCCN2)nc2nccn12. The number of rotatable bonds is 1. The van der Waals surface area contributed by atoms with E-state index in [1.165, 1.54) is 25.0 Å². The smallest absolute Gasteiger partial charge is 0.234 e. The number of aromatic nitrogens is 3. The molecular weight excluding hydrogens is 200 g/mol. The highest BCUT2D eigenvalue weighted by Crippen LogP contribution is 2.22. The number of nitrogens with zero attached hydrogens (tertiary/aromatic N) is 3. The van der Waals surface area contributed by atoms with Gasteiger partial charge >= 0.3 is 0 Å². The van der Waals surface area contributed by atoms with Crippen LogP contribution < -0.4 is 5.32 Å². The molecule has 16 heavy (non-hydrogen) atoms. The highest BCUT2D eigenvalue weighted by atomic mass is 15.1. The fraction of sp³-hybridized carbons (Fsp3) is 0.500. The molecule has 1 unspecified atom stereocenters. The van der Waals surface area contributed by atoms with E-state index in [-0.39, 0.29) is 0 Å². The molecule has 3 rings (SSSR count). The molecule has 0 aromatic carbocycles. The summed E-state index contributed by atoms with van der Waals surface area (Å²) in [5, 5.41) is 3.52. The summed E-state index contributed by atoms with van der Waals surface area (Å²) in [5.41, 5.74) is 2.33. The standard InChI is InChI=1S/C12H16N4/c1-9-8-11(10-4-2-3-5-13-10)15-12-14-6-7-16(9)12/h6-8,10,13H,2-5H2,1H3. The van der Waals surface area contributed by atoms with Crippen LogP contribution in [0.1, 0.15) is 36.7 Å². The number of hydrogen-bond donors (Lipinski definition) is 1. The molecule has 1 saturated heterocycles. The lowest BCUT2D eigenvalue weighted by Crippen LogP contribution is -2.27. The number of nitrogens with one attached hydrogen (secondary N) is 1. The summed E-state index contributed by atoms with van der Waals surface area (Å²) in [6.45, 7) is 3.20. The Hall–Kier alpha value is -1.42. The highest BCUT2D eigenvalue weighted by molar-refractivity contribution is 5.33. The average Bonchev–Trinajstić information content (AvgIpc) is 2.79. The zero-order valence-electron chi connectivity index (χ0n) is 9.48. The lowest BCUT2D eigenvalue weighted by atomic mass is 10.0. The lowest BCUT2D eigenvalue weighted by molar-refractivity contribution is 0.405. The van der Waals surface area contributed by atoms with Gasteiger partial charge in [-0.15, -0.1) is 0 Å². The first-order chi connectivity index (χ1) is 7.84. The number of aryl methyl sites for hydroxylation is 1. The maximum atomic E-state index is 4.61. The normalized spacial score (nSPS) is 21.4. The van der Waals surface area contributed by atoms with Crippen molar-refractivity contribution in [2.24, 2.45) is 0 Å². The van der Waals surface area contributed by atoms with E-state index >= 15 is 0 Å². The van der Waals surface area contributed by atoms with Gasteiger partial charge in [0.1, 0.15) is 0 Å². The van der Waals surface area contributed by atoms with Crippen LogP contribution in [0, 0.1) is 6.92 Å². The van der Waals surface area contributed by atoms with Crippen molar-refractivity contribution in [2.45, 2.75) is 32.2 Å². The monoisotopic (exact) mass is 216 g/mol. The second-order valence-corrected chi connectivity index (χ2v) is 4.42. The molecule has 3 heterocycles. The molecule has 0 bridgehead atoms. The molecule has 1 aliphatic heterocycles. The zero-order valence-corrected chi connectivity index (χ0v) is 9.48. The molecule has 0 spiro atoms. The van der Waals surface area contributed by atoms with Gasteiger partial charge in [0.15, 0.2) is 0 Å². The Kier molecular flexibility index (Phi) is 2.36. The number of fused-ring (bicyclic) bond motifs is 1. The molecule has 0 amide bonds.